The first-order valence-electron chi connectivity index (χ1n) is 7.23. The van der Waals surface area contributed by atoms with Crippen LogP contribution in [0.25, 0.3) is 0 Å². The van der Waals surface area contributed by atoms with Crippen molar-refractivity contribution in [3.05, 3.63) is 22.4 Å². The van der Waals surface area contributed by atoms with Crippen LogP contribution in [0.2, 0.25) is 0 Å². The molecule has 0 saturated carbocycles. The molecule has 108 valence electrons. The number of hydrogen-bond acceptors (Lipinski definition) is 2. The Balaban J connectivity index is 2.17. The molecule has 1 aromatic heterocycles. The highest BCUT2D eigenvalue weighted by Crippen LogP contribution is 2.13. The van der Waals surface area contributed by atoms with E-state index in [-0.39, 0.29) is 0 Å². The third kappa shape index (κ3) is 7.21. The van der Waals surface area contributed by atoms with Crippen LogP contribution >= 0.6 is 11.3 Å². The van der Waals surface area contributed by atoms with Crippen molar-refractivity contribution in [3.8, 4) is 0 Å². The van der Waals surface area contributed by atoms with Gasteiger partial charge in [-0.1, -0.05) is 32.8 Å². The Kier molecular flexibility index (Phi) is 8.30. The molecular weight excluding hydrogens is 254 g/mol. The minimum Gasteiger partial charge on any atom is -0.356 e. The van der Waals surface area contributed by atoms with E-state index >= 15 is 0 Å². The standard InChI is InChI=1S/C15H27N3S/c1-4-5-6-9-17-15(16-3)18-12-13(2)11-14-8-7-10-19-14/h7-8,10,13H,4-6,9,11-12H2,1-3H3,(H2,16,17,18). The van der Waals surface area contributed by atoms with E-state index in [1.54, 1.807) is 0 Å². The molecule has 1 unspecified atom stereocenters. The summed E-state index contributed by atoms with van der Waals surface area (Å²) in [5.74, 6) is 1.54. The lowest BCUT2D eigenvalue weighted by molar-refractivity contribution is 0.560. The van der Waals surface area contributed by atoms with Crippen molar-refractivity contribution in [2.45, 2.75) is 39.5 Å². The van der Waals surface area contributed by atoms with Crippen LogP contribution in [-0.4, -0.2) is 26.1 Å². The lowest BCUT2D eigenvalue weighted by Crippen LogP contribution is -2.40. The van der Waals surface area contributed by atoms with Crippen molar-refractivity contribution < 1.29 is 0 Å². The van der Waals surface area contributed by atoms with E-state index in [2.05, 4.69) is 47.0 Å². The van der Waals surface area contributed by atoms with Crippen LogP contribution in [0.1, 0.15) is 38.0 Å². The molecule has 1 atom stereocenters. The summed E-state index contributed by atoms with van der Waals surface area (Å²) in [4.78, 5) is 5.71. The molecule has 2 N–H and O–H groups in total. The average Bonchev–Trinajstić information content (AvgIpc) is 2.91. The molecular formula is C15H27N3S. The van der Waals surface area contributed by atoms with Crippen LogP contribution in [0.5, 0.6) is 0 Å². The van der Waals surface area contributed by atoms with Crippen molar-refractivity contribution in [2.75, 3.05) is 20.1 Å². The highest BCUT2D eigenvalue weighted by molar-refractivity contribution is 7.09. The topological polar surface area (TPSA) is 36.4 Å². The first kappa shape index (κ1) is 16.0. The van der Waals surface area contributed by atoms with E-state index < -0.39 is 0 Å². The summed E-state index contributed by atoms with van der Waals surface area (Å²) >= 11 is 1.84. The van der Waals surface area contributed by atoms with Crippen molar-refractivity contribution >= 4 is 17.3 Å². The fourth-order valence-electron chi connectivity index (χ4n) is 1.92. The maximum absolute atomic E-state index is 4.25. The minimum absolute atomic E-state index is 0.618. The highest BCUT2D eigenvalue weighted by Gasteiger charge is 2.05. The van der Waals surface area contributed by atoms with Gasteiger partial charge in [-0.25, -0.2) is 0 Å². The third-order valence-electron chi connectivity index (χ3n) is 3.04. The van der Waals surface area contributed by atoms with Gasteiger partial charge in [-0.2, -0.15) is 0 Å². The van der Waals surface area contributed by atoms with Crippen LogP contribution in [0.3, 0.4) is 0 Å². The minimum atomic E-state index is 0.618. The van der Waals surface area contributed by atoms with Gasteiger partial charge in [-0.05, 0) is 30.2 Å². The van der Waals surface area contributed by atoms with Gasteiger partial charge in [0.05, 0.1) is 0 Å². The van der Waals surface area contributed by atoms with E-state index in [9.17, 15) is 0 Å². The first-order valence-corrected chi connectivity index (χ1v) is 8.11. The fourth-order valence-corrected chi connectivity index (χ4v) is 2.79. The summed E-state index contributed by atoms with van der Waals surface area (Å²) in [6.07, 6.45) is 4.88. The molecule has 0 aliphatic carbocycles. The van der Waals surface area contributed by atoms with Gasteiger partial charge >= 0.3 is 0 Å². The Morgan fingerprint density at radius 2 is 2.21 bits per heavy atom. The van der Waals surface area contributed by atoms with Crippen LogP contribution in [0.15, 0.2) is 22.5 Å². The summed E-state index contributed by atoms with van der Waals surface area (Å²) in [5.41, 5.74) is 0. The second-order valence-electron chi connectivity index (χ2n) is 4.98. The van der Waals surface area contributed by atoms with Gasteiger partial charge < -0.3 is 10.6 Å². The Morgan fingerprint density at radius 1 is 1.37 bits per heavy atom. The van der Waals surface area contributed by atoms with E-state index in [0.717, 1.165) is 25.5 Å². The van der Waals surface area contributed by atoms with E-state index in [1.807, 2.05) is 18.4 Å². The summed E-state index contributed by atoms with van der Waals surface area (Å²) < 4.78 is 0. The molecule has 0 amide bonds. The second kappa shape index (κ2) is 9.84. The number of nitrogens with one attached hydrogen (secondary N) is 2. The molecule has 1 aromatic rings. The van der Waals surface area contributed by atoms with Crippen molar-refractivity contribution in [1.29, 1.82) is 0 Å². The van der Waals surface area contributed by atoms with Gasteiger partial charge in [0.1, 0.15) is 0 Å². The number of hydrogen-bond donors (Lipinski definition) is 2. The zero-order chi connectivity index (χ0) is 13.9. The number of rotatable bonds is 8. The molecule has 0 bridgehead atoms. The number of aliphatic imine (C=N–C) groups is 1. The van der Waals surface area contributed by atoms with Gasteiger partial charge in [-0.15, -0.1) is 11.3 Å². The monoisotopic (exact) mass is 281 g/mol. The molecule has 0 aliphatic rings. The van der Waals surface area contributed by atoms with Gasteiger partial charge in [0.15, 0.2) is 5.96 Å². The predicted octanol–water partition coefficient (Wildman–Crippen LogP) is 3.28. The summed E-state index contributed by atoms with van der Waals surface area (Å²) in [7, 11) is 1.83. The number of nitrogens with zero attached hydrogens (tertiary/aromatic N) is 1. The fraction of sp³-hybridized carbons (Fsp3) is 0.667. The normalized spacial score (nSPS) is 13.3. The molecule has 0 radical (unpaired) electrons. The van der Waals surface area contributed by atoms with Crippen LogP contribution in [-0.2, 0) is 6.42 Å². The van der Waals surface area contributed by atoms with E-state index in [4.69, 9.17) is 0 Å². The quantitative estimate of drug-likeness (QED) is 0.436. The molecule has 0 aliphatic heterocycles. The van der Waals surface area contributed by atoms with Gasteiger partial charge in [0, 0.05) is 25.0 Å². The number of guanidine groups is 1. The molecule has 0 spiro atoms. The molecule has 1 heterocycles. The van der Waals surface area contributed by atoms with Crippen LogP contribution in [0, 0.1) is 5.92 Å². The number of unbranched alkanes of at least 4 members (excludes halogenated alkanes) is 2. The average molecular weight is 281 g/mol. The maximum atomic E-state index is 4.25. The molecule has 0 aromatic carbocycles. The van der Waals surface area contributed by atoms with Crippen molar-refractivity contribution in [3.63, 3.8) is 0 Å². The molecule has 3 nitrogen and oxygen atoms in total. The Hall–Kier alpha value is -1.03. The molecule has 4 heteroatoms. The van der Waals surface area contributed by atoms with Crippen LogP contribution in [0.4, 0.5) is 0 Å². The second-order valence-corrected chi connectivity index (χ2v) is 6.01. The number of thiophene rings is 1. The molecule has 1 rings (SSSR count). The summed E-state index contributed by atoms with van der Waals surface area (Å²) in [6, 6.07) is 4.33. The zero-order valence-corrected chi connectivity index (χ0v) is 13.2. The van der Waals surface area contributed by atoms with Gasteiger partial charge in [0.25, 0.3) is 0 Å². The Morgan fingerprint density at radius 3 is 2.84 bits per heavy atom. The molecule has 0 fully saturated rings. The predicted molar refractivity (Wildman–Crippen MR) is 86.1 cm³/mol. The third-order valence-corrected chi connectivity index (χ3v) is 3.94. The maximum Gasteiger partial charge on any atom is 0.190 e. The largest absolute Gasteiger partial charge is 0.356 e. The van der Waals surface area contributed by atoms with E-state index in [0.29, 0.717) is 5.92 Å². The molecule has 19 heavy (non-hydrogen) atoms. The summed E-state index contributed by atoms with van der Waals surface area (Å²) in [6.45, 7) is 6.47. The van der Waals surface area contributed by atoms with Gasteiger partial charge in [0.2, 0.25) is 0 Å². The smallest absolute Gasteiger partial charge is 0.190 e. The Bertz CT molecular complexity index is 346. The Labute approximate surface area is 121 Å². The van der Waals surface area contributed by atoms with Gasteiger partial charge in [-0.3, -0.25) is 4.99 Å². The van der Waals surface area contributed by atoms with Crippen LogP contribution < -0.4 is 10.6 Å². The van der Waals surface area contributed by atoms with Crippen molar-refractivity contribution in [2.24, 2.45) is 10.9 Å². The first-order chi connectivity index (χ1) is 9.26. The zero-order valence-electron chi connectivity index (χ0n) is 12.4. The lowest BCUT2D eigenvalue weighted by Gasteiger charge is -2.15. The summed E-state index contributed by atoms with van der Waals surface area (Å²) in [5, 5.41) is 8.90. The van der Waals surface area contributed by atoms with Crippen molar-refractivity contribution in [1.82, 2.24) is 10.6 Å². The van der Waals surface area contributed by atoms with E-state index in [1.165, 1.54) is 24.1 Å². The lowest BCUT2D eigenvalue weighted by atomic mass is 10.1. The molecule has 0 saturated heterocycles. The SMILES string of the molecule is CCCCCNC(=NC)NCC(C)Cc1cccs1. The highest BCUT2D eigenvalue weighted by atomic mass is 32.1.